The number of carbonyl (C=O) groups is 3. The monoisotopic (exact) mass is 375 g/mol. The number of rotatable bonds is 6. The van der Waals surface area contributed by atoms with E-state index < -0.39 is 11.9 Å². The fraction of sp³-hybridized carbons (Fsp3) is 0.444. The van der Waals surface area contributed by atoms with Crippen molar-refractivity contribution in [3.8, 4) is 0 Å². The highest BCUT2D eigenvalue weighted by Crippen LogP contribution is 2.16. The maximum absolute atomic E-state index is 12.2. The topological polar surface area (TPSA) is 107 Å². The summed E-state index contributed by atoms with van der Waals surface area (Å²) in [6, 6.07) is 3.55. The highest BCUT2D eigenvalue weighted by molar-refractivity contribution is 5.91. The summed E-state index contributed by atoms with van der Waals surface area (Å²) in [5.74, 6) is -1.22. The lowest BCUT2D eigenvalue weighted by Gasteiger charge is -2.11. The van der Waals surface area contributed by atoms with Crippen LogP contribution in [-0.4, -0.2) is 38.7 Å². The minimum atomic E-state index is -0.421. The maximum Gasteiger partial charge on any atom is 0.339 e. The summed E-state index contributed by atoms with van der Waals surface area (Å²) in [5, 5.41) is 4.20. The SMILES string of the molecule is CCOC(=O)c1cc(C)n(CC(=O)NNC(=O)Cn2nc(C)cc2C)c1C. The average molecular weight is 375 g/mol. The van der Waals surface area contributed by atoms with E-state index in [-0.39, 0.29) is 25.6 Å². The van der Waals surface area contributed by atoms with E-state index in [9.17, 15) is 14.4 Å². The van der Waals surface area contributed by atoms with E-state index in [4.69, 9.17) is 4.74 Å². The molecule has 0 aliphatic heterocycles. The number of hydrogen-bond acceptors (Lipinski definition) is 5. The van der Waals surface area contributed by atoms with Gasteiger partial charge in [-0.2, -0.15) is 5.10 Å². The number of ether oxygens (including phenoxy) is 1. The molecular weight excluding hydrogens is 350 g/mol. The smallest absolute Gasteiger partial charge is 0.339 e. The van der Waals surface area contributed by atoms with Gasteiger partial charge in [0, 0.05) is 17.1 Å². The van der Waals surface area contributed by atoms with Crippen molar-refractivity contribution in [2.24, 2.45) is 0 Å². The molecule has 0 bridgehead atoms. The molecule has 146 valence electrons. The van der Waals surface area contributed by atoms with E-state index in [1.807, 2.05) is 19.9 Å². The predicted molar refractivity (Wildman–Crippen MR) is 97.8 cm³/mol. The number of aromatic nitrogens is 3. The van der Waals surface area contributed by atoms with Crippen LogP contribution >= 0.6 is 0 Å². The van der Waals surface area contributed by atoms with Crippen LogP contribution in [0.15, 0.2) is 12.1 Å². The van der Waals surface area contributed by atoms with Crippen LogP contribution in [0.2, 0.25) is 0 Å². The van der Waals surface area contributed by atoms with Gasteiger partial charge in [0.2, 0.25) is 0 Å². The lowest BCUT2D eigenvalue weighted by molar-refractivity contribution is -0.129. The highest BCUT2D eigenvalue weighted by atomic mass is 16.5. The molecule has 9 nitrogen and oxygen atoms in total. The van der Waals surface area contributed by atoms with Crippen molar-refractivity contribution in [3.05, 3.63) is 40.5 Å². The molecule has 0 saturated heterocycles. The van der Waals surface area contributed by atoms with Crippen LogP contribution in [0.1, 0.15) is 40.1 Å². The number of nitrogens with one attached hydrogen (secondary N) is 2. The largest absolute Gasteiger partial charge is 0.462 e. The Morgan fingerprint density at radius 2 is 1.63 bits per heavy atom. The Bertz CT molecular complexity index is 865. The molecule has 0 atom stereocenters. The third-order valence-electron chi connectivity index (χ3n) is 4.11. The first-order chi connectivity index (χ1) is 12.7. The Hall–Kier alpha value is -3.10. The van der Waals surface area contributed by atoms with Crippen molar-refractivity contribution in [2.45, 2.75) is 47.7 Å². The summed E-state index contributed by atoms with van der Waals surface area (Å²) < 4.78 is 8.26. The van der Waals surface area contributed by atoms with Gasteiger partial charge in [0.05, 0.1) is 17.9 Å². The second kappa shape index (κ2) is 8.52. The molecule has 0 radical (unpaired) electrons. The number of carbonyl (C=O) groups excluding carboxylic acids is 3. The molecule has 2 N–H and O–H groups in total. The normalized spacial score (nSPS) is 10.6. The zero-order valence-corrected chi connectivity index (χ0v) is 16.3. The zero-order valence-electron chi connectivity index (χ0n) is 16.3. The van der Waals surface area contributed by atoms with E-state index in [1.54, 1.807) is 36.1 Å². The molecule has 0 saturated carbocycles. The van der Waals surface area contributed by atoms with Gasteiger partial charge >= 0.3 is 5.97 Å². The lowest BCUT2D eigenvalue weighted by Crippen LogP contribution is -2.44. The molecule has 2 rings (SSSR count). The summed E-state index contributed by atoms with van der Waals surface area (Å²) in [7, 11) is 0. The third kappa shape index (κ3) is 4.96. The molecule has 2 aromatic heterocycles. The standard InChI is InChI=1S/C18H25N5O4/c1-6-27-18(26)15-8-12(3)22(14(15)5)9-16(24)19-20-17(25)10-23-13(4)7-11(2)21-23/h7-8H,6,9-10H2,1-5H3,(H,19,24)(H,20,25). The molecule has 9 heteroatoms. The fourth-order valence-corrected chi connectivity index (χ4v) is 2.79. The molecule has 27 heavy (non-hydrogen) atoms. The Balaban J connectivity index is 1.93. The first-order valence-electron chi connectivity index (χ1n) is 8.65. The fourth-order valence-electron chi connectivity index (χ4n) is 2.79. The second-order valence-electron chi connectivity index (χ2n) is 6.27. The molecule has 0 fully saturated rings. The van der Waals surface area contributed by atoms with E-state index in [0.717, 1.165) is 17.1 Å². The van der Waals surface area contributed by atoms with Gasteiger partial charge in [-0.25, -0.2) is 4.79 Å². The van der Waals surface area contributed by atoms with Crippen molar-refractivity contribution < 1.29 is 19.1 Å². The van der Waals surface area contributed by atoms with Crippen molar-refractivity contribution in [2.75, 3.05) is 6.61 Å². The number of esters is 1. The lowest BCUT2D eigenvalue weighted by atomic mass is 10.2. The summed E-state index contributed by atoms with van der Waals surface area (Å²) in [6.45, 7) is 9.23. The van der Waals surface area contributed by atoms with Crippen LogP contribution in [0.4, 0.5) is 0 Å². The number of hydrogen-bond donors (Lipinski definition) is 2. The minimum Gasteiger partial charge on any atom is -0.462 e. The molecule has 0 aliphatic carbocycles. The van der Waals surface area contributed by atoms with Gasteiger partial charge in [0.15, 0.2) is 0 Å². The van der Waals surface area contributed by atoms with Crippen LogP contribution in [0.5, 0.6) is 0 Å². The van der Waals surface area contributed by atoms with Crippen molar-refractivity contribution in [1.82, 2.24) is 25.2 Å². The highest BCUT2D eigenvalue weighted by Gasteiger charge is 2.18. The molecule has 0 spiro atoms. The van der Waals surface area contributed by atoms with Crippen LogP contribution in [0.3, 0.4) is 0 Å². The third-order valence-corrected chi connectivity index (χ3v) is 4.11. The van der Waals surface area contributed by atoms with Crippen LogP contribution in [-0.2, 0) is 27.4 Å². The quantitative estimate of drug-likeness (QED) is 0.577. The van der Waals surface area contributed by atoms with Crippen LogP contribution < -0.4 is 10.9 Å². The van der Waals surface area contributed by atoms with E-state index in [2.05, 4.69) is 16.0 Å². The van der Waals surface area contributed by atoms with E-state index in [0.29, 0.717) is 11.3 Å². The van der Waals surface area contributed by atoms with Gasteiger partial charge in [-0.3, -0.25) is 25.1 Å². The van der Waals surface area contributed by atoms with Gasteiger partial charge < -0.3 is 9.30 Å². The van der Waals surface area contributed by atoms with Gasteiger partial charge in [-0.05, 0) is 46.8 Å². The van der Waals surface area contributed by atoms with E-state index in [1.165, 1.54) is 0 Å². The maximum atomic E-state index is 12.2. The zero-order chi connectivity index (χ0) is 20.1. The van der Waals surface area contributed by atoms with Crippen molar-refractivity contribution >= 4 is 17.8 Å². The van der Waals surface area contributed by atoms with Crippen molar-refractivity contribution in [1.29, 1.82) is 0 Å². The molecule has 2 aromatic rings. The van der Waals surface area contributed by atoms with Gasteiger partial charge in [0.1, 0.15) is 13.1 Å². The molecular formula is C18H25N5O4. The Labute approximate surface area is 157 Å². The molecule has 2 amide bonds. The summed E-state index contributed by atoms with van der Waals surface area (Å²) in [6.07, 6.45) is 0. The number of amides is 2. The molecule has 2 heterocycles. The van der Waals surface area contributed by atoms with Crippen molar-refractivity contribution in [3.63, 3.8) is 0 Å². The van der Waals surface area contributed by atoms with E-state index >= 15 is 0 Å². The molecule has 0 aliphatic rings. The Morgan fingerprint density at radius 1 is 1.00 bits per heavy atom. The molecule has 0 unspecified atom stereocenters. The molecule has 0 aromatic carbocycles. The van der Waals surface area contributed by atoms with Crippen LogP contribution in [0.25, 0.3) is 0 Å². The second-order valence-corrected chi connectivity index (χ2v) is 6.27. The minimum absolute atomic E-state index is 0.00847. The van der Waals surface area contributed by atoms with Gasteiger partial charge in [0.25, 0.3) is 11.8 Å². The predicted octanol–water partition coefficient (Wildman–Crippen LogP) is 0.943. The van der Waals surface area contributed by atoms with Gasteiger partial charge in [-0.1, -0.05) is 0 Å². The summed E-state index contributed by atoms with van der Waals surface area (Å²) in [4.78, 5) is 36.1. The Kier molecular flexibility index (Phi) is 6.38. The average Bonchev–Trinajstić information content (AvgIpc) is 3.05. The first kappa shape index (κ1) is 20.2. The Morgan fingerprint density at radius 3 is 2.19 bits per heavy atom. The summed E-state index contributed by atoms with van der Waals surface area (Å²) >= 11 is 0. The van der Waals surface area contributed by atoms with Gasteiger partial charge in [-0.15, -0.1) is 0 Å². The first-order valence-corrected chi connectivity index (χ1v) is 8.65. The number of aryl methyl sites for hydroxylation is 3. The summed E-state index contributed by atoms with van der Waals surface area (Å²) in [5.41, 5.74) is 8.24. The number of hydrazine groups is 1. The number of nitrogens with zero attached hydrogens (tertiary/aromatic N) is 3. The van der Waals surface area contributed by atoms with Crippen LogP contribution in [0, 0.1) is 27.7 Å².